The highest BCUT2D eigenvalue weighted by molar-refractivity contribution is 7.15. The maximum Gasteiger partial charge on any atom is 0.357 e. The van der Waals surface area contributed by atoms with Gasteiger partial charge in [0, 0.05) is 17.1 Å². The maximum atomic E-state index is 11.9. The van der Waals surface area contributed by atoms with Gasteiger partial charge in [0.05, 0.1) is 7.11 Å². The summed E-state index contributed by atoms with van der Waals surface area (Å²) in [5.74, 6) is -0.375. The third kappa shape index (κ3) is 1.60. The molecule has 0 saturated carbocycles. The number of methoxy groups -OCH3 is 1. The van der Waals surface area contributed by atoms with Crippen molar-refractivity contribution in [2.75, 3.05) is 7.11 Å². The van der Waals surface area contributed by atoms with Crippen LogP contribution in [0.15, 0.2) is 41.9 Å². The van der Waals surface area contributed by atoms with Crippen molar-refractivity contribution >= 4 is 22.3 Å². The summed E-state index contributed by atoms with van der Waals surface area (Å²) in [6, 6.07) is 9.63. The molecule has 2 heterocycles. The van der Waals surface area contributed by atoms with Gasteiger partial charge in [-0.05, 0) is 0 Å². The number of imidazole rings is 1. The number of fused-ring (bicyclic) bond motifs is 1. The van der Waals surface area contributed by atoms with Gasteiger partial charge in [0.1, 0.15) is 5.69 Å². The Labute approximate surface area is 107 Å². The third-order valence-corrected chi connectivity index (χ3v) is 3.44. The fraction of sp³-hybridized carbons (Fsp3) is 0.0769. The van der Waals surface area contributed by atoms with Crippen LogP contribution in [0.4, 0.5) is 0 Å². The molecule has 90 valence electrons. The summed E-state index contributed by atoms with van der Waals surface area (Å²) in [5, 5.41) is 1.89. The second kappa shape index (κ2) is 4.27. The van der Waals surface area contributed by atoms with E-state index >= 15 is 0 Å². The summed E-state index contributed by atoms with van der Waals surface area (Å²) in [6.45, 7) is 0. The van der Waals surface area contributed by atoms with E-state index in [9.17, 15) is 4.79 Å². The molecule has 1 aromatic carbocycles. The molecular formula is C13H10N2O2S. The number of hydrogen-bond acceptors (Lipinski definition) is 4. The molecule has 4 nitrogen and oxygen atoms in total. The molecule has 0 fully saturated rings. The van der Waals surface area contributed by atoms with E-state index in [0.717, 1.165) is 10.5 Å². The normalized spacial score (nSPS) is 10.7. The molecule has 5 heteroatoms. The number of aromatic nitrogens is 2. The lowest BCUT2D eigenvalue weighted by molar-refractivity contribution is 0.0594. The van der Waals surface area contributed by atoms with Crippen molar-refractivity contribution in [3.63, 3.8) is 0 Å². The number of carbonyl (C=O) groups is 1. The zero-order valence-electron chi connectivity index (χ0n) is 9.66. The number of ether oxygens (including phenoxy) is 1. The number of esters is 1. The van der Waals surface area contributed by atoms with E-state index in [1.165, 1.54) is 18.4 Å². The molecule has 0 saturated heterocycles. The molecule has 18 heavy (non-hydrogen) atoms. The Morgan fingerprint density at radius 3 is 2.83 bits per heavy atom. The Balaban J connectivity index is 2.28. The van der Waals surface area contributed by atoms with Crippen LogP contribution in [-0.2, 0) is 4.74 Å². The minimum atomic E-state index is -0.375. The highest BCUT2D eigenvalue weighted by Crippen LogP contribution is 2.26. The van der Waals surface area contributed by atoms with Gasteiger partial charge < -0.3 is 4.74 Å². The van der Waals surface area contributed by atoms with Gasteiger partial charge in [-0.2, -0.15) is 0 Å². The zero-order chi connectivity index (χ0) is 12.5. The van der Waals surface area contributed by atoms with E-state index in [4.69, 9.17) is 4.74 Å². The predicted molar refractivity (Wildman–Crippen MR) is 69.8 cm³/mol. The van der Waals surface area contributed by atoms with Crippen molar-refractivity contribution in [2.24, 2.45) is 0 Å². The molecule has 0 radical (unpaired) electrons. The summed E-state index contributed by atoms with van der Waals surface area (Å²) >= 11 is 1.49. The minimum Gasteiger partial charge on any atom is -0.464 e. The van der Waals surface area contributed by atoms with E-state index in [-0.39, 0.29) is 5.97 Å². The first kappa shape index (κ1) is 11.0. The van der Waals surface area contributed by atoms with Gasteiger partial charge in [-0.15, -0.1) is 11.3 Å². The molecule has 0 aliphatic rings. The topological polar surface area (TPSA) is 43.6 Å². The average molecular weight is 258 g/mol. The molecule has 0 N–H and O–H groups in total. The molecule has 0 spiro atoms. The van der Waals surface area contributed by atoms with Gasteiger partial charge >= 0.3 is 5.97 Å². The zero-order valence-corrected chi connectivity index (χ0v) is 10.5. The van der Waals surface area contributed by atoms with Crippen LogP contribution >= 0.6 is 11.3 Å². The lowest BCUT2D eigenvalue weighted by Gasteiger charge is -2.01. The Hall–Kier alpha value is -2.14. The van der Waals surface area contributed by atoms with Gasteiger partial charge in [-0.1, -0.05) is 30.3 Å². The van der Waals surface area contributed by atoms with Crippen molar-refractivity contribution in [3.05, 3.63) is 47.6 Å². The Bertz CT molecular complexity index is 700. The summed E-state index contributed by atoms with van der Waals surface area (Å²) in [7, 11) is 1.38. The number of nitrogens with zero attached hydrogens (tertiary/aromatic N) is 2. The fourth-order valence-electron chi connectivity index (χ4n) is 1.87. The van der Waals surface area contributed by atoms with Gasteiger partial charge in [-0.3, -0.25) is 4.40 Å². The fourth-order valence-corrected chi connectivity index (χ4v) is 2.59. The average Bonchev–Trinajstić information content (AvgIpc) is 2.98. The predicted octanol–water partition coefficient (Wildman–Crippen LogP) is 2.85. The first-order chi connectivity index (χ1) is 8.81. The number of thiazole rings is 1. The quantitative estimate of drug-likeness (QED) is 0.664. The van der Waals surface area contributed by atoms with Gasteiger partial charge in [-0.25, -0.2) is 9.78 Å². The molecule has 0 atom stereocenters. The molecular weight excluding hydrogens is 248 g/mol. The van der Waals surface area contributed by atoms with Crippen LogP contribution in [0.2, 0.25) is 0 Å². The minimum absolute atomic E-state index is 0.375. The van der Waals surface area contributed by atoms with Crippen molar-refractivity contribution in [3.8, 4) is 11.3 Å². The second-order valence-electron chi connectivity index (χ2n) is 3.72. The lowest BCUT2D eigenvalue weighted by atomic mass is 10.1. The van der Waals surface area contributed by atoms with Crippen molar-refractivity contribution in [1.82, 2.24) is 9.38 Å². The third-order valence-electron chi connectivity index (χ3n) is 2.69. The summed E-state index contributed by atoms with van der Waals surface area (Å²) in [6.07, 6.45) is 1.83. The summed E-state index contributed by atoms with van der Waals surface area (Å²) in [5.41, 5.74) is 2.04. The number of carbonyl (C=O) groups excluding carboxylic acids is 1. The Morgan fingerprint density at radius 1 is 1.33 bits per heavy atom. The largest absolute Gasteiger partial charge is 0.464 e. The maximum absolute atomic E-state index is 11.9. The van der Waals surface area contributed by atoms with Crippen LogP contribution in [0.3, 0.4) is 0 Å². The lowest BCUT2D eigenvalue weighted by Crippen LogP contribution is -2.06. The van der Waals surface area contributed by atoms with E-state index in [1.807, 2.05) is 41.9 Å². The number of hydrogen-bond donors (Lipinski definition) is 0. The van der Waals surface area contributed by atoms with E-state index in [2.05, 4.69) is 4.98 Å². The van der Waals surface area contributed by atoms with Gasteiger partial charge in [0.15, 0.2) is 10.7 Å². The van der Waals surface area contributed by atoms with Crippen molar-refractivity contribution in [1.29, 1.82) is 0 Å². The molecule has 2 aromatic heterocycles. The number of rotatable bonds is 2. The van der Waals surface area contributed by atoms with E-state index in [0.29, 0.717) is 11.4 Å². The first-order valence-corrected chi connectivity index (χ1v) is 6.28. The smallest absolute Gasteiger partial charge is 0.357 e. The Kier molecular flexibility index (Phi) is 2.60. The molecule has 0 aliphatic heterocycles. The highest BCUT2D eigenvalue weighted by atomic mass is 32.1. The molecule has 0 aliphatic carbocycles. The second-order valence-corrected chi connectivity index (χ2v) is 4.60. The Morgan fingerprint density at radius 2 is 2.11 bits per heavy atom. The summed E-state index contributed by atoms with van der Waals surface area (Å²) in [4.78, 5) is 17.2. The van der Waals surface area contributed by atoms with Crippen LogP contribution in [-0.4, -0.2) is 22.5 Å². The van der Waals surface area contributed by atoms with Crippen molar-refractivity contribution < 1.29 is 9.53 Å². The molecule has 0 amide bonds. The van der Waals surface area contributed by atoms with E-state index in [1.54, 1.807) is 4.40 Å². The van der Waals surface area contributed by atoms with Gasteiger partial charge in [0.2, 0.25) is 0 Å². The van der Waals surface area contributed by atoms with Crippen LogP contribution in [0.25, 0.3) is 16.2 Å². The molecule has 3 aromatic rings. The molecule has 3 rings (SSSR count). The van der Waals surface area contributed by atoms with Crippen LogP contribution < -0.4 is 0 Å². The molecule has 0 unspecified atom stereocenters. The van der Waals surface area contributed by atoms with Crippen molar-refractivity contribution in [2.45, 2.75) is 0 Å². The molecule has 0 bridgehead atoms. The van der Waals surface area contributed by atoms with Gasteiger partial charge in [0.25, 0.3) is 0 Å². The van der Waals surface area contributed by atoms with E-state index < -0.39 is 0 Å². The van der Waals surface area contributed by atoms with Crippen LogP contribution in [0.5, 0.6) is 0 Å². The van der Waals surface area contributed by atoms with Crippen LogP contribution in [0, 0.1) is 0 Å². The number of benzene rings is 1. The standard InChI is InChI=1S/C13H10N2O2S/c1-17-12(16)11-10(9-5-3-2-4-6-9)14-13-15(11)7-8-18-13/h2-8H,1H3. The van der Waals surface area contributed by atoms with Crippen LogP contribution in [0.1, 0.15) is 10.5 Å². The highest BCUT2D eigenvalue weighted by Gasteiger charge is 2.21. The monoisotopic (exact) mass is 258 g/mol. The SMILES string of the molecule is COC(=O)c1c(-c2ccccc2)nc2sccn12. The summed E-state index contributed by atoms with van der Waals surface area (Å²) < 4.78 is 6.60. The first-order valence-electron chi connectivity index (χ1n) is 5.40.